The molecule has 0 spiro atoms. The quantitative estimate of drug-likeness (QED) is 0.783. The van der Waals surface area contributed by atoms with Crippen LogP contribution in [0.3, 0.4) is 0 Å². The van der Waals surface area contributed by atoms with Crippen LogP contribution in [-0.4, -0.2) is 28.2 Å². The highest BCUT2D eigenvalue weighted by molar-refractivity contribution is 6.27. The van der Waals surface area contributed by atoms with Gasteiger partial charge in [-0.05, 0) is 13.8 Å². The third-order valence-electron chi connectivity index (χ3n) is 3.02. The number of oxazole rings is 1. The Balaban J connectivity index is 3.01. The summed E-state index contributed by atoms with van der Waals surface area (Å²) in [4.78, 5) is 17.8. The van der Waals surface area contributed by atoms with Gasteiger partial charge in [-0.15, -0.1) is 11.6 Å². The van der Waals surface area contributed by atoms with E-state index in [2.05, 4.69) is 11.1 Å². The third-order valence-corrected chi connectivity index (χ3v) is 3.25. The Kier molecular flexibility index (Phi) is 5.41. The van der Waals surface area contributed by atoms with Crippen molar-refractivity contribution in [2.45, 2.75) is 46.6 Å². The van der Waals surface area contributed by atoms with Gasteiger partial charge in [0, 0.05) is 12.0 Å². The Morgan fingerprint density at radius 1 is 1.43 bits per heavy atom. The molecule has 0 N–H and O–H groups in total. The molecule has 0 saturated heterocycles. The van der Waals surface area contributed by atoms with Gasteiger partial charge in [0.1, 0.15) is 17.3 Å². The van der Waals surface area contributed by atoms with Gasteiger partial charge < -0.3 is 9.32 Å². The first-order valence-electron chi connectivity index (χ1n) is 6.78. The summed E-state index contributed by atoms with van der Waals surface area (Å²) < 4.78 is 5.45. The standard InChI is InChI=1S/C15H22ClN3O2/c1-14(2,3)13-11(18-10-21-13)7-19(12(20)6-16)9-15(4,5)8-17/h10H,6-7,9H2,1-5H3. The van der Waals surface area contributed by atoms with Crippen LogP contribution in [0.4, 0.5) is 0 Å². The van der Waals surface area contributed by atoms with Gasteiger partial charge >= 0.3 is 0 Å². The van der Waals surface area contributed by atoms with E-state index in [1.165, 1.54) is 6.39 Å². The Bertz CT molecular complexity index is 538. The van der Waals surface area contributed by atoms with E-state index in [1.807, 2.05) is 20.8 Å². The molecule has 1 rings (SSSR count). The first-order chi connectivity index (χ1) is 9.60. The number of carbonyl (C=O) groups is 1. The van der Waals surface area contributed by atoms with Crippen LogP contribution in [0.15, 0.2) is 10.8 Å². The smallest absolute Gasteiger partial charge is 0.237 e. The van der Waals surface area contributed by atoms with Crippen LogP contribution in [0.25, 0.3) is 0 Å². The van der Waals surface area contributed by atoms with Gasteiger partial charge in [-0.2, -0.15) is 5.26 Å². The van der Waals surface area contributed by atoms with Gasteiger partial charge in [-0.1, -0.05) is 20.8 Å². The van der Waals surface area contributed by atoms with Crippen molar-refractivity contribution in [3.05, 3.63) is 17.8 Å². The maximum absolute atomic E-state index is 12.0. The minimum atomic E-state index is -0.645. The van der Waals surface area contributed by atoms with Crippen molar-refractivity contribution in [3.8, 4) is 6.07 Å². The van der Waals surface area contributed by atoms with Crippen molar-refractivity contribution >= 4 is 17.5 Å². The second-order valence-electron chi connectivity index (χ2n) is 6.76. The van der Waals surface area contributed by atoms with Crippen LogP contribution in [0.2, 0.25) is 0 Å². The fourth-order valence-corrected chi connectivity index (χ4v) is 2.17. The molecule has 1 aromatic heterocycles. The van der Waals surface area contributed by atoms with Crippen LogP contribution in [0.5, 0.6) is 0 Å². The van der Waals surface area contributed by atoms with E-state index in [9.17, 15) is 4.79 Å². The predicted molar refractivity (Wildman–Crippen MR) is 80.7 cm³/mol. The van der Waals surface area contributed by atoms with Crippen molar-refractivity contribution in [2.24, 2.45) is 5.41 Å². The average Bonchev–Trinajstić information content (AvgIpc) is 2.85. The molecule has 0 fully saturated rings. The molecule has 1 heterocycles. The molecule has 116 valence electrons. The number of aromatic nitrogens is 1. The summed E-state index contributed by atoms with van der Waals surface area (Å²) in [5.74, 6) is 0.400. The number of halogens is 1. The molecule has 0 aromatic carbocycles. The lowest BCUT2D eigenvalue weighted by atomic mass is 9.91. The van der Waals surface area contributed by atoms with Gasteiger partial charge in [0.05, 0.1) is 18.0 Å². The number of alkyl halides is 1. The zero-order chi connectivity index (χ0) is 16.3. The highest BCUT2D eigenvalue weighted by atomic mass is 35.5. The van der Waals surface area contributed by atoms with Gasteiger partial charge in [0.15, 0.2) is 6.39 Å². The summed E-state index contributed by atoms with van der Waals surface area (Å²) in [5.41, 5.74) is -0.144. The molecule has 1 aromatic rings. The highest BCUT2D eigenvalue weighted by Gasteiger charge is 2.28. The molecular formula is C15H22ClN3O2. The Morgan fingerprint density at radius 3 is 2.52 bits per heavy atom. The zero-order valence-electron chi connectivity index (χ0n) is 13.2. The zero-order valence-corrected chi connectivity index (χ0v) is 14.0. The number of rotatable bonds is 5. The summed E-state index contributed by atoms with van der Waals surface area (Å²) in [6, 6.07) is 2.19. The van der Waals surface area contributed by atoms with Crippen LogP contribution in [0, 0.1) is 16.7 Å². The van der Waals surface area contributed by atoms with Gasteiger partial charge in [0.2, 0.25) is 5.91 Å². The second-order valence-corrected chi connectivity index (χ2v) is 7.02. The van der Waals surface area contributed by atoms with Crippen molar-refractivity contribution in [1.82, 2.24) is 9.88 Å². The monoisotopic (exact) mass is 311 g/mol. The van der Waals surface area contributed by atoms with E-state index in [4.69, 9.17) is 21.3 Å². The number of hydrogen-bond acceptors (Lipinski definition) is 4. The molecule has 21 heavy (non-hydrogen) atoms. The summed E-state index contributed by atoms with van der Waals surface area (Å²) in [5, 5.41) is 9.15. The molecule has 0 aliphatic rings. The fourth-order valence-electron chi connectivity index (χ4n) is 2.00. The molecule has 0 aliphatic heterocycles. The minimum Gasteiger partial charge on any atom is -0.448 e. The Morgan fingerprint density at radius 2 is 2.05 bits per heavy atom. The molecule has 0 radical (unpaired) electrons. The second kappa shape index (κ2) is 6.48. The minimum absolute atomic E-state index is 0.121. The van der Waals surface area contributed by atoms with E-state index in [0.717, 1.165) is 5.76 Å². The van der Waals surface area contributed by atoms with Gasteiger partial charge in [-0.25, -0.2) is 4.98 Å². The lowest BCUT2D eigenvalue weighted by Crippen LogP contribution is -2.39. The molecule has 0 aliphatic carbocycles. The third kappa shape index (κ3) is 4.75. The topological polar surface area (TPSA) is 70.1 Å². The molecular weight excluding hydrogens is 290 g/mol. The van der Waals surface area contributed by atoms with Crippen molar-refractivity contribution in [2.75, 3.05) is 12.4 Å². The first-order valence-corrected chi connectivity index (χ1v) is 7.32. The SMILES string of the molecule is CC(C)(C#N)CN(Cc1ncoc1C(C)(C)C)C(=O)CCl. The van der Waals surface area contributed by atoms with Crippen molar-refractivity contribution in [3.63, 3.8) is 0 Å². The summed E-state index contributed by atoms with van der Waals surface area (Å²) >= 11 is 5.67. The lowest BCUT2D eigenvalue weighted by molar-refractivity contribution is -0.130. The van der Waals surface area contributed by atoms with E-state index in [0.29, 0.717) is 18.8 Å². The molecule has 0 saturated carbocycles. The van der Waals surface area contributed by atoms with Crippen molar-refractivity contribution in [1.29, 1.82) is 5.26 Å². The largest absolute Gasteiger partial charge is 0.448 e. The number of amides is 1. The summed E-state index contributed by atoms with van der Waals surface area (Å²) in [6.07, 6.45) is 1.38. The predicted octanol–water partition coefficient (Wildman–Crippen LogP) is 3.09. The molecule has 5 nitrogen and oxygen atoms in total. The molecule has 6 heteroatoms. The molecule has 0 atom stereocenters. The maximum Gasteiger partial charge on any atom is 0.237 e. The number of nitrogens with zero attached hydrogens (tertiary/aromatic N) is 3. The van der Waals surface area contributed by atoms with Gasteiger partial charge in [-0.3, -0.25) is 4.79 Å². The molecule has 1 amide bonds. The Labute approximate surface area is 130 Å². The molecule has 0 bridgehead atoms. The van der Waals surface area contributed by atoms with Crippen LogP contribution in [-0.2, 0) is 16.8 Å². The van der Waals surface area contributed by atoms with E-state index >= 15 is 0 Å². The first kappa shape index (κ1) is 17.5. The molecule has 0 unspecified atom stereocenters. The lowest BCUT2D eigenvalue weighted by Gasteiger charge is -2.28. The average molecular weight is 312 g/mol. The fraction of sp³-hybridized carbons (Fsp3) is 0.667. The van der Waals surface area contributed by atoms with Crippen LogP contribution in [0.1, 0.15) is 46.1 Å². The van der Waals surface area contributed by atoms with E-state index in [1.54, 1.807) is 18.7 Å². The number of carbonyl (C=O) groups excluding carboxylic acids is 1. The summed E-state index contributed by atoms with van der Waals surface area (Å²) in [7, 11) is 0. The number of hydrogen-bond donors (Lipinski definition) is 0. The van der Waals surface area contributed by atoms with Crippen LogP contribution < -0.4 is 0 Å². The van der Waals surface area contributed by atoms with Gasteiger partial charge in [0.25, 0.3) is 0 Å². The summed E-state index contributed by atoms with van der Waals surface area (Å²) in [6.45, 7) is 10.2. The van der Waals surface area contributed by atoms with E-state index < -0.39 is 5.41 Å². The highest BCUT2D eigenvalue weighted by Crippen LogP contribution is 2.27. The van der Waals surface area contributed by atoms with Crippen molar-refractivity contribution < 1.29 is 9.21 Å². The van der Waals surface area contributed by atoms with E-state index in [-0.39, 0.29) is 17.2 Å². The van der Waals surface area contributed by atoms with Crippen LogP contribution >= 0.6 is 11.6 Å². The maximum atomic E-state index is 12.0. The Hall–Kier alpha value is -1.54. The normalized spacial score (nSPS) is 12.0. The number of nitriles is 1.